The molecular formula is C40H46F2N4O4S2. The number of carbonyl (C=O) groups excluding carboxylic acids is 1. The predicted molar refractivity (Wildman–Crippen MR) is 201 cm³/mol. The van der Waals surface area contributed by atoms with Gasteiger partial charge in [-0.3, -0.25) is 4.79 Å². The second kappa shape index (κ2) is 14.8. The molecule has 1 aliphatic rings. The molecule has 12 heteroatoms. The minimum Gasteiger partial charge on any atom is -0.466 e. The topological polar surface area (TPSA) is 107 Å². The summed E-state index contributed by atoms with van der Waals surface area (Å²) in [7, 11) is -1.81. The van der Waals surface area contributed by atoms with Crippen molar-refractivity contribution < 1.29 is 26.7 Å². The molecule has 0 fully saturated rings. The number of hydrogen-bond acceptors (Lipinski definition) is 7. The van der Waals surface area contributed by atoms with E-state index in [-0.39, 0.29) is 35.4 Å². The van der Waals surface area contributed by atoms with Gasteiger partial charge in [-0.2, -0.15) is 5.10 Å². The molecule has 2 atom stereocenters. The van der Waals surface area contributed by atoms with Gasteiger partial charge < -0.3 is 9.72 Å². The number of halogens is 2. The molecule has 8 nitrogen and oxygen atoms in total. The van der Waals surface area contributed by atoms with Crippen molar-refractivity contribution in [2.24, 2.45) is 18.4 Å². The van der Waals surface area contributed by atoms with Crippen molar-refractivity contribution in [1.29, 1.82) is 0 Å². The van der Waals surface area contributed by atoms with Crippen molar-refractivity contribution in [2.75, 3.05) is 18.1 Å². The van der Waals surface area contributed by atoms with E-state index < -0.39 is 32.3 Å². The fourth-order valence-electron chi connectivity index (χ4n) is 7.36. The highest BCUT2D eigenvalue weighted by molar-refractivity contribution is 7.99. The maximum atomic E-state index is 15.8. The maximum absolute atomic E-state index is 15.8. The standard InChI is InChI=1S/C40H46F2N4O4S2/c1-7-50-37(47)25(2)20-26-10-8-11-27(21-26)40(5)17-9-16-39(3,4)24-52(48,49)19-15-30-29-14-18-43-34(29)23-33(42)35(30)51-28-12-13-32(41)31(22-28)36-44-38(40)45-46(36)6/h8,10-14,18,21-23,25,43H,7,9,15-17,19-20,24H2,1-6H3. The lowest BCUT2D eigenvalue weighted by Gasteiger charge is -2.31. The summed E-state index contributed by atoms with van der Waals surface area (Å²) in [6, 6.07) is 15.9. The third kappa shape index (κ3) is 7.97. The molecular weight excluding hydrogens is 703 g/mol. The van der Waals surface area contributed by atoms with Crippen molar-refractivity contribution in [2.45, 2.75) is 81.9 Å². The van der Waals surface area contributed by atoms with Gasteiger partial charge >= 0.3 is 5.97 Å². The number of fused-ring (bicyclic) bond motifs is 8. The van der Waals surface area contributed by atoms with Gasteiger partial charge in [0, 0.05) is 29.0 Å². The summed E-state index contributed by atoms with van der Waals surface area (Å²) in [4.78, 5) is 21.4. The summed E-state index contributed by atoms with van der Waals surface area (Å²) in [5.41, 5.74) is 2.02. The fraction of sp³-hybridized carbons (Fsp3) is 0.425. The van der Waals surface area contributed by atoms with Gasteiger partial charge in [0.05, 0.1) is 39.9 Å². The Kier molecular flexibility index (Phi) is 10.7. The van der Waals surface area contributed by atoms with Crippen molar-refractivity contribution in [3.8, 4) is 11.4 Å². The first-order valence-electron chi connectivity index (χ1n) is 17.7. The van der Waals surface area contributed by atoms with E-state index in [0.29, 0.717) is 64.8 Å². The number of nitrogens with zero attached hydrogens (tertiary/aromatic N) is 3. The minimum atomic E-state index is -3.54. The van der Waals surface area contributed by atoms with Crippen LogP contribution in [0.4, 0.5) is 8.78 Å². The molecule has 4 bridgehead atoms. The van der Waals surface area contributed by atoms with Gasteiger partial charge in [0.15, 0.2) is 21.5 Å². The van der Waals surface area contributed by atoms with Crippen LogP contribution in [0.5, 0.6) is 0 Å². The quantitative estimate of drug-likeness (QED) is 0.180. The average molecular weight is 749 g/mol. The van der Waals surface area contributed by atoms with Crippen LogP contribution in [0.3, 0.4) is 0 Å². The first kappa shape index (κ1) is 37.7. The number of sulfone groups is 1. The molecule has 0 amide bonds. The predicted octanol–water partition coefficient (Wildman–Crippen LogP) is 8.61. The number of aryl methyl sites for hydroxylation is 2. The van der Waals surface area contributed by atoms with E-state index >= 15 is 8.78 Å². The Bertz CT molecular complexity index is 2230. The summed E-state index contributed by atoms with van der Waals surface area (Å²) in [5.74, 6) is -0.878. The summed E-state index contributed by atoms with van der Waals surface area (Å²) >= 11 is 1.14. The second-order valence-electron chi connectivity index (χ2n) is 15.0. The van der Waals surface area contributed by atoms with Crippen LogP contribution >= 0.6 is 11.8 Å². The number of H-pyrrole nitrogens is 1. The van der Waals surface area contributed by atoms with Crippen LogP contribution in [-0.2, 0) is 44.7 Å². The number of ether oxygens (including phenoxy) is 1. The molecule has 2 unspecified atom stereocenters. The highest BCUT2D eigenvalue weighted by Gasteiger charge is 2.36. The van der Waals surface area contributed by atoms with Crippen LogP contribution < -0.4 is 0 Å². The van der Waals surface area contributed by atoms with Gasteiger partial charge in [-0.05, 0) is 92.0 Å². The summed E-state index contributed by atoms with van der Waals surface area (Å²) < 4.78 is 65.8. The zero-order chi connectivity index (χ0) is 37.4. The highest BCUT2D eigenvalue weighted by Crippen LogP contribution is 2.42. The van der Waals surface area contributed by atoms with Gasteiger partial charge in [-0.25, -0.2) is 26.9 Å². The van der Waals surface area contributed by atoms with Gasteiger partial charge in [0.1, 0.15) is 11.6 Å². The molecule has 1 N–H and O–H groups in total. The van der Waals surface area contributed by atoms with E-state index in [2.05, 4.69) is 18.0 Å². The number of nitrogens with one attached hydrogen (secondary N) is 1. The Morgan fingerprint density at radius 2 is 1.87 bits per heavy atom. The van der Waals surface area contributed by atoms with E-state index in [1.165, 1.54) is 12.1 Å². The smallest absolute Gasteiger partial charge is 0.308 e. The molecule has 0 aliphatic carbocycles. The molecule has 0 saturated carbocycles. The number of hydrogen-bond donors (Lipinski definition) is 1. The van der Waals surface area contributed by atoms with E-state index in [1.807, 2.05) is 45.0 Å². The Labute approximate surface area is 308 Å². The third-order valence-corrected chi connectivity index (χ3v) is 13.3. The molecule has 0 saturated heterocycles. The zero-order valence-electron chi connectivity index (χ0n) is 30.6. The van der Waals surface area contributed by atoms with Crippen LogP contribution in [-0.4, -0.2) is 52.2 Å². The number of benzene rings is 3. The molecule has 3 aromatic carbocycles. The largest absolute Gasteiger partial charge is 0.466 e. The van der Waals surface area contributed by atoms with Gasteiger partial charge in [-0.1, -0.05) is 63.2 Å². The highest BCUT2D eigenvalue weighted by atomic mass is 32.2. The molecule has 1 aliphatic heterocycles. The number of esters is 1. The maximum Gasteiger partial charge on any atom is 0.308 e. The number of aromatic amines is 1. The Morgan fingerprint density at radius 1 is 1.08 bits per heavy atom. The van der Waals surface area contributed by atoms with Crippen molar-refractivity contribution in [3.63, 3.8) is 0 Å². The molecule has 276 valence electrons. The normalized spacial score (nSPS) is 19.7. The Balaban J connectivity index is 1.47. The van der Waals surface area contributed by atoms with E-state index in [1.54, 1.807) is 37.0 Å². The molecule has 0 radical (unpaired) electrons. The number of rotatable bonds is 5. The summed E-state index contributed by atoms with van der Waals surface area (Å²) in [6.45, 7) is 9.95. The Morgan fingerprint density at radius 3 is 2.63 bits per heavy atom. The van der Waals surface area contributed by atoms with Crippen molar-refractivity contribution in [3.05, 3.63) is 94.9 Å². The molecule has 3 heterocycles. The summed E-state index contributed by atoms with van der Waals surface area (Å²) in [5, 5.41) is 5.63. The molecule has 2 aromatic heterocycles. The molecule has 0 spiro atoms. The molecule has 5 aromatic rings. The lowest BCUT2D eigenvalue weighted by atomic mass is 9.75. The summed E-state index contributed by atoms with van der Waals surface area (Å²) in [6.07, 6.45) is 4.21. The van der Waals surface area contributed by atoms with Crippen LogP contribution in [0.25, 0.3) is 22.3 Å². The lowest BCUT2D eigenvalue weighted by molar-refractivity contribution is -0.147. The molecule has 6 rings (SSSR count). The van der Waals surface area contributed by atoms with E-state index in [0.717, 1.165) is 28.3 Å². The van der Waals surface area contributed by atoms with Gasteiger partial charge in [0.25, 0.3) is 0 Å². The lowest BCUT2D eigenvalue weighted by Crippen LogP contribution is -2.29. The van der Waals surface area contributed by atoms with E-state index in [9.17, 15) is 13.2 Å². The van der Waals surface area contributed by atoms with Gasteiger partial charge in [0.2, 0.25) is 0 Å². The van der Waals surface area contributed by atoms with Gasteiger partial charge in [-0.15, -0.1) is 0 Å². The SMILES string of the molecule is CCOC(=O)C(C)Cc1cccc(C2(C)CCCC(C)(C)CS(=O)(=O)CCc3c(c(F)cc4[nH]ccc34)Sc3ccc(F)c(c3)-c3nc2nn3C)c1. The van der Waals surface area contributed by atoms with Crippen LogP contribution in [0.2, 0.25) is 0 Å². The first-order valence-corrected chi connectivity index (χ1v) is 20.4. The monoisotopic (exact) mass is 748 g/mol. The van der Waals surface area contributed by atoms with Crippen molar-refractivity contribution in [1.82, 2.24) is 19.7 Å². The van der Waals surface area contributed by atoms with Crippen molar-refractivity contribution >= 4 is 38.5 Å². The average Bonchev–Trinajstić information content (AvgIpc) is 3.71. The second-order valence-corrected chi connectivity index (χ2v) is 18.2. The number of carbonyl (C=O) groups is 1. The van der Waals surface area contributed by atoms with Crippen LogP contribution in [0.1, 0.15) is 76.4 Å². The Hall–Kier alpha value is -4.03. The van der Waals surface area contributed by atoms with E-state index in [4.69, 9.17) is 14.8 Å². The van der Waals surface area contributed by atoms with Crippen LogP contribution in [0, 0.1) is 23.0 Å². The first-order chi connectivity index (χ1) is 24.6. The fourth-order valence-corrected chi connectivity index (χ4v) is 10.4. The zero-order valence-corrected chi connectivity index (χ0v) is 32.2. The molecule has 52 heavy (non-hydrogen) atoms. The van der Waals surface area contributed by atoms with Crippen LogP contribution in [0.15, 0.2) is 70.6 Å². The number of aromatic nitrogens is 4. The minimum absolute atomic E-state index is 0.0146. The third-order valence-electron chi connectivity index (χ3n) is 10.1.